The highest BCUT2D eigenvalue weighted by molar-refractivity contribution is 8.15. The van der Waals surface area contributed by atoms with Gasteiger partial charge < -0.3 is 4.74 Å². The number of nitrogens with zero attached hydrogens (tertiary/aromatic N) is 5. The fourth-order valence-corrected chi connectivity index (χ4v) is 5.45. The second-order valence-corrected chi connectivity index (χ2v) is 11.5. The third kappa shape index (κ3) is 7.82. The van der Waals surface area contributed by atoms with Crippen LogP contribution < -0.4 is 15.1 Å². The zero-order valence-corrected chi connectivity index (χ0v) is 25.7. The number of aliphatic imine (C=N–C) groups is 1. The van der Waals surface area contributed by atoms with E-state index in [1.54, 1.807) is 43.3 Å². The second-order valence-electron chi connectivity index (χ2n) is 10.1. The summed E-state index contributed by atoms with van der Waals surface area (Å²) in [5, 5.41) is 5.08. The SMILES string of the molecule is CC(C)c1ccc(Cl)cc1N1C(=O)CS/C1=N\C(=O)NOC(C)c1ccc(-c2ncn(-c3ccc(OC(F)(F)F)cc3)n2)cc1. The van der Waals surface area contributed by atoms with Crippen molar-refractivity contribution in [1.82, 2.24) is 20.2 Å². The van der Waals surface area contributed by atoms with Crippen molar-refractivity contribution >= 4 is 46.2 Å². The fraction of sp³-hybridized carbons (Fsp3) is 0.233. The third-order valence-corrected chi connectivity index (χ3v) is 7.76. The highest BCUT2D eigenvalue weighted by atomic mass is 35.5. The molecule has 0 saturated carbocycles. The highest BCUT2D eigenvalue weighted by Crippen LogP contribution is 2.35. The first-order valence-electron chi connectivity index (χ1n) is 13.6. The molecule has 0 aliphatic carbocycles. The number of hydrogen-bond donors (Lipinski definition) is 1. The van der Waals surface area contributed by atoms with Gasteiger partial charge in [-0.15, -0.1) is 18.3 Å². The van der Waals surface area contributed by atoms with Crippen LogP contribution in [-0.4, -0.2) is 44.0 Å². The zero-order chi connectivity index (χ0) is 32.3. The number of benzene rings is 3. The number of urea groups is 1. The van der Waals surface area contributed by atoms with E-state index in [0.29, 0.717) is 27.8 Å². The van der Waals surface area contributed by atoms with E-state index in [2.05, 4.69) is 25.3 Å². The number of amidine groups is 1. The van der Waals surface area contributed by atoms with Gasteiger partial charge in [0.2, 0.25) is 5.91 Å². The van der Waals surface area contributed by atoms with Crippen LogP contribution in [0.15, 0.2) is 78.0 Å². The maximum atomic E-state index is 12.7. The summed E-state index contributed by atoms with van der Waals surface area (Å²) in [6.45, 7) is 5.73. The molecule has 10 nitrogen and oxygen atoms in total. The number of anilines is 1. The van der Waals surface area contributed by atoms with Crippen molar-refractivity contribution in [3.05, 3.63) is 89.2 Å². The average molecular weight is 659 g/mol. The number of hydrogen-bond acceptors (Lipinski definition) is 7. The van der Waals surface area contributed by atoms with Crippen LogP contribution in [-0.2, 0) is 9.63 Å². The first-order valence-corrected chi connectivity index (χ1v) is 14.9. The molecule has 0 spiro atoms. The average Bonchev–Trinajstić information content (AvgIpc) is 3.62. The van der Waals surface area contributed by atoms with Crippen LogP contribution in [0.25, 0.3) is 17.1 Å². The number of nitrogens with one attached hydrogen (secondary N) is 1. The number of ether oxygens (including phenoxy) is 1. The summed E-state index contributed by atoms with van der Waals surface area (Å²) < 4.78 is 42.5. The van der Waals surface area contributed by atoms with E-state index >= 15 is 0 Å². The van der Waals surface area contributed by atoms with Crippen molar-refractivity contribution in [3.8, 4) is 22.8 Å². The molecular weight excluding hydrogens is 633 g/mol. The van der Waals surface area contributed by atoms with E-state index in [1.165, 1.54) is 40.2 Å². The van der Waals surface area contributed by atoms with Crippen LogP contribution in [0.2, 0.25) is 5.02 Å². The number of carbonyl (C=O) groups is 2. The molecule has 15 heteroatoms. The van der Waals surface area contributed by atoms with Gasteiger partial charge in [-0.1, -0.05) is 67.5 Å². The first kappa shape index (κ1) is 32.0. The summed E-state index contributed by atoms with van der Waals surface area (Å²) in [5.74, 6) is 0.0849. The lowest BCUT2D eigenvalue weighted by Gasteiger charge is -2.22. The zero-order valence-electron chi connectivity index (χ0n) is 24.1. The Morgan fingerprint density at radius 3 is 2.44 bits per heavy atom. The topological polar surface area (TPSA) is 111 Å². The van der Waals surface area contributed by atoms with Crippen LogP contribution in [0.3, 0.4) is 0 Å². The minimum absolute atomic E-state index is 0.107. The van der Waals surface area contributed by atoms with Crippen LogP contribution in [0.1, 0.15) is 43.9 Å². The molecule has 1 fully saturated rings. The lowest BCUT2D eigenvalue weighted by molar-refractivity contribution is -0.274. The van der Waals surface area contributed by atoms with Gasteiger partial charge in [-0.3, -0.25) is 14.5 Å². The Balaban J connectivity index is 1.20. The quantitative estimate of drug-likeness (QED) is 0.196. The standard InChI is InChI=1S/C30H26ClF3N6O4S/c1-17(2)24-13-8-21(31)14-25(24)40-26(41)15-45-29(40)36-28(42)38-44-18(3)19-4-6-20(7-5-19)27-35-16-39(37-27)22-9-11-23(12-10-22)43-30(32,33)34/h4-14,16-18H,15H2,1-3H3,(H,38,42)/b36-29-. The van der Waals surface area contributed by atoms with Gasteiger partial charge in [-0.05, 0) is 60.4 Å². The fourth-order valence-electron chi connectivity index (χ4n) is 4.42. The van der Waals surface area contributed by atoms with E-state index in [9.17, 15) is 22.8 Å². The third-order valence-electron chi connectivity index (χ3n) is 6.61. The number of hydroxylamine groups is 1. The van der Waals surface area contributed by atoms with Gasteiger partial charge in [0.05, 0.1) is 17.1 Å². The molecule has 45 heavy (non-hydrogen) atoms. The van der Waals surface area contributed by atoms with E-state index in [-0.39, 0.29) is 28.5 Å². The smallest absolute Gasteiger partial charge is 0.406 e. The number of thioether (sulfide) groups is 1. The Hall–Kier alpha value is -4.40. The molecule has 0 radical (unpaired) electrons. The Labute approximate surface area is 265 Å². The van der Waals surface area contributed by atoms with Gasteiger partial charge in [0.25, 0.3) is 0 Å². The number of carbonyl (C=O) groups excluding carboxylic acids is 2. The van der Waals surface area contributed by atoms with Crippen molar-refractivity contribution in [3.63, 3.8) is 0 Å². The molecule has 234 valence electrons. The molecule has 1 aromatic heterocycles. The Bertz CT molecular complexity index is 1730. The molecule has 2 heterocycles. The van der Waals surface area contributed by atoms with E-state index in [4.69, 9.17) is 16.4 Å². The summed E-state index contributed by atoms with van der Waals surface area (Å²) in [7, 11) is 0. The first-order chi connectivity index (χ1) is 21.4. The van der Waals surface area contributed by atoms with Crippen molar-refractivity contribution in [2.75, 3.05) is 10.7 Å². The number of rotatable bonds is 8. The van der Waals surface area contributed by atoms with Crippen LogP contribution in [0, 0.1) is 0 Å². The van der Waals surface area contributed by atoms with E-state index in [1.807, 2.05) is 19.9 Å². The molecule has 1 atom stereocenters. The van der Waals surface area contributed by atoms with Crippen molar-refractivity contribution in [2.45, 2.75) is 39.2 Å². The lowest BCUT2D eigenvalue weighted by atomic mass is 10.0. The van der Waals surface area contributed by atoms with Crippen molar-refractivity contribution in [1.29, 1.82) is 0 Å². The number of amides is 3. The van der Waals surface area contributed by atoms with Gasteiger partial charge in [-0.25, -0.2) is 19.9 Å². The van der Waals surface area contributed by atoms with Gasteiger partial charge in [-0.2, -0.15) is 4.99 Å². The van der Waals surface area contributed by atoms with Gasteiger partial charge in [0, 0.05) is 10.6 Å². The van der Waals surface area contributed by atoms with Crippen molar-refractivity contribution in [2.24, 2.45) is 4.99 Å². The predicted molar refractivity (Wildman–Crippen MR) is 164 cm³/mol. The number of aromatic nitrogens is 3. The molecule has 3 aromatic carbocycles. The number of alkyl halides is 3. The number of halogens is 4. The summed E-state index contributed by atoms with van der Waals surface area (Å²) in [6, 6.07) is 16.9. The van der Waals surface area contributed by atoms with Crippen LogP contribution in [0.4, 0.5) is 23.7 Å². The minimum Gasteiger partial charge on any atom is -0.406 e. The molecule has 1 aliphatic rings. The van der Waals surface area contributed by atoms with Gasteiger partial charge in [0.15, 0.2) is 11.0 Å². The van der Waals surface area contributed by atoms with Crippen molar-refractivity contribution < 1.29 is 32.3 Å². The maximum Gasteiger partial charge on any atom is 0.573 e. The predicted octanol–water partition coefficient (Wildman–Crippen LogP) is 7.45. The molecule has 0 bridgehead atoms. The Morgan fingerprint density at radius 2 is 1.78 bits per heavy atom. The van der Waals surface area contributed by atoms with E-state index < -0.39 is 18.5 Å². The molecular formula is C30H26ClF3N6O4S. The second kappa shape index (κ2) is 13.3. The highest BCUT2D eigenvalue weighted by Gasteiger charge is 2.33. The van der Waals surface area contributed by atoms with Crippen LogP contribution >= 0.6 is 23.4 Å². The maximum absolute atomic E-state index is 12.7. The molecule has 3 amide bonds. The molecule has 1 N–H and O–H groups in total. The molecule has 1 aliphatic heterocycles. The van der Waals surface area contributed by atoms with E-state index in [0.717, 1.165) is 22.9 Å². The monoisotopic (exact) mass is 658 g/mol. The molecule has 5 rings (SSSR count). The van der Waals surface area contributed by atoms with Crippen LogP contribution in [0.5, 0.6) is 5.75 Å². The summed E-state index contributed by atoms with van der Waals surface area (Å²) in [5.41, 5.74) is 5.72. The minimum atomic E-state index is -4.77. The molecule has 4 aromatic rings. The Kier molecular flexibility index (Phi) is 9.46. The summed E-state index contributed by atoms with van der Waals surface area (Å²) in [4.78, 5) is 40.7. The van der Waals surface area contributed by atoms with Gasteiger partial charge in [0.1, 0.15) is 18.2 Å². The summed E-state index contributed by atoms with van der Waals surface area (Å²) in [6.07, 6.45) is -3.88. The normalized spacial score (nSPS) is 15.2. The van der Waals surface area contributed by atoms with Gasteiger partial charge >= 0.3 is 12.4 Å². The largest absolute Gasteiger partial charge is 0.573 e. The summed E-state index contributed by atoms with van der Waals surface area (Å²) >= 11 is 7.36. The Morgan fingerprint density at radius 1 is 1.07 bits per heavy atom. The molecule has 1 saturated heterocycles. The lowest BCUT2D eigenvalue weighted by Crippen LogP contribution is -2.32. The molecule has 1 unspecified atom stereocenters.